The number of hydrogen-bond donors (Lipinski definition) is 1. The number of ether oxygens (including phenoxy) is 2. The van der Waals surface area contributed by atoms with Crippen LogP contribution >= 0.6 is 0 Å². The summed E-state index contributed by atoms with van der Waals surface area (Å²) in [6.45, 7) is 4.16. The number of aryl methyl sites for hydroxylation is 1. The van der Waals surface area contributed by atoms with Crippen molar-refractivity contribution >= 4 is 26.8 Å². The maximum atomic E-state index is 13.1. The van der Waals surface area contributed by atoms with E-state index in [1.165, 1.54) is 3.97 Å². The van der Waals surface area contributed by atoms with Crippen LogP contribution in [0.2, 0.25) is 0 Å². The maximum Gasteiger partial charge on any atom is 0.268 e. The summed E-state index contributed by atoms with van der Waals surface area (Å²) < 4.78 is 38.6. The molecule has 0 unspecified atom stereocenters. The molecule has 6 nitrogen and oxygen atoms in total. The molecule has 7 heteroatoms. The molecule has 3 aromatic carbocycles. The van der Waals surface area contributed by atoms with Gasteiger partial charge in [0.1, 0.15) is 11.5 Å². The lowest BCUT2D eigenvalue weighted by Gasteiger charge is -2.10. The van der Waals surface area contributed by atoms with E-state index in [1.807, 2.05) is 13.8 Å². The molecule has 0 saturated carbocycles. The van der Waals surface area contributed by atoms with E-state index in [4.69, 9.17) is 14.9 Å². The molecule has 0 aliphatic heterocycles. The van der Waals surface area contributed by atoms with E-state index in [1.54, 1.807) is 79.0 Å². The van der Waals surface area contributed by atoms with Crippen LogP contribution in [0.25, 0.3) is 10.9 Å². The van der Waals surface area contributed by atoms with Gasteiger partial charge >= 0.3 is 0 Å². The minimum atomic E-state index is -3.69. The molecule has 158 valence electrons. The molecule has 0 saturated heterocycles. The molecule has 1 heterocycles. The van der Waals surface area contributed by atoms with Crippen LogP contribution in [0, 0.1) is 12.3 Å². The van der Waals surface area contributed by atoms with E-state index in [9.17, 15) is 8.42 Å². The lowest BCUT2D eigenvalue weighted by atomic mass is 10.2. The van der Waals surface area contributed by atoms with Crippen LogP contribution in [0.1, 0.15) is 18.1 Å². The van der Waals surface area contributed by atoms with Gasteiger partial charge in [-0.05, 0) is 68.4 Å². The molecule has 4 rings (SSSR count). The summed E-state index contributed by atoms with van der Waals surface area (Å²) in [5, 5.41) is 8.66. The summed E-state index contributed by atoms with van der Waals surface area (Å²) in [6.07, 6.45) is 1.55. The van der Waals surface area contributed by atoms with Gasteiger partial charge in [0, 0.05) is 17.1 Å². The summed E-state index contributed by atoms with van der Waals surface area (Å²) in [4.78, 5) is 0.240. The Kier molecular flexibility index (Phi) is 5.52. The highest BCUT2D eigenvalue weighted by Crippen LogP contribution is 2.29. The van der Waals surface area contributed by atoms with E-state index in [0.717, 1.165) is 10.9 Å². The monoisotopic (exact) mass is 434 g/mol. The fraction of sp³-hybridized carbons (Fsp3) is 0.125. The predicted molar refractivity (Wildman–Crippen MR) is 121 cm³/mol. The fourth-order valence-corrected chi connectivity index (χ4v) is 4.61. The Hall–Kier alpha value is -3.58. The van der Waals surface area contributed by atoms with E-state index in [-0.39, 0.29) is 10.8 Å². The van der Waals surface area contributed by atoms with Gasteiger partial charge in [0.25, 0.3) is 10.0 Å². The highest BCUT2D eigenvalue weighted by atomic mass is 32.2. The maximum absolute atomic E-state index is 13.1. The van der Waals surface area contributed by atoms with E-state index >= 15 is 0 Å². The molecule has 0 aliphatic carbocycles. The van der Waals surface area contributed by atoms with Crippen LogP contribution in [0.15, 0.2) is 83.9 Å². The summed E-state index contributed by atoms with van der Waals surface area (Å²) in [5.74, 6) is 1.22. The van der Waals surface area contributed by atoms with Crippen molar-refractivity contribution in [1.82, 2.24) is 3.97 Å². The molecule has 1 aromatic heterocycles. The Balaban J connectivity index is 1.63. The molecule has 0 bridgehead atoms. The van der Waals surface area contributed by atoms with Crippen molar-refractivity contribution in [3.63, 3.8) is 0 Å². The minimum Gasteiger partial charge on any atom is -0.478 e. The van der Waals surface area contributed by atoms with Gasteiger partial charge < -0.3 is 9.47 Å². The van der Waals surface area contributed by atoms with Crippen LogP contribution in [0.4, 0.5) is 0 Å². The fourth-order valence-electron chi connectivity index (χ4n) is 3.26. The highest BCUT2D eigenvalue weighted by molar-refractivity contribution is 7.90. The Bertz CT molecular complexity index is 1360. The number of nitrogens with one attached hydrogen (secondary N) is 1. The first-order valence-electron chi connectivity index (χ1n) is 9.81. The van der Waals surface area contributed by atoms with Gasteiger partial charge in [-0.15, -0.1) is 0 Å². The predicted octanol–water partition coefficient (Wildman–Crippen LogP) is 5.34. The second-order valence-electron chi connectivity index (χ2n) is 7.04. The zero-order chi connectivity index (χ0) is 22.0. The van der Waals surface area contributed by atoms with Gasteiger partial charge in [0.05, 0.1) is 17.0 Å². The third kappa shape index (κ3) is 4.18. The van der Waals surface area contributed by atoms with Crippen molar-refractivity contribution in [2.45, 2.75) is 18.7 Å². The SMILES string of the molecule is CCOC(=N)c1cccc(Oc2ccc3c(ccn3S(=O)(=O)c3ccc(C)cc3)c2)c1. The van der Waals surface area contributed by atoms with Crippen LogP contribution in [0.3, 0.4) is 0 Å². The lowest BCUT2D eigenvalue weighted by Crippen LogP contribution is -2.11. The topological polar surface area (TPSA) is 81.4 Å². The molecule has 0 fully saturated rings. The van der Waals surface area contributed by atoms with Crippen molar-refractivity contribution in [3.8, 4) is 11.5 Å². The van der Waals surface area contributed by atoms with Crippen molar-refractivity contribution < 1.29 is 17.9 Å². The first-order valence-corrected chi connectivity index (χ1v) is 11.3. The second kappa shape index (κ2) is 8.28. The number of fused-ring (bicyclic) bond motifs is 1. The second-order valence-corrected chi connectivity index (χ2v) is 8.86. The number of hydrogen-bond acceptors (Lipinski definition) is 5. The van der Waals surface area contributed by atoms with Crippen LogP contribution in [-0.2, 0) is 14.8 Å². The molecule has 31 heavy (non-hydrogen) atoms. The number of nitrogens with zero attached hydrogens (tertiary/aromatic N) is 1. The van der Waals surface area contributed by atoms with Gasteiger partial charge in [0.2, 0.25) is 5.90 Å². The quantitative estimate of drug-likeness (QED) is 0.328. The molecule has 4 aromatic rings. The standard InChI is InChI=1S/C24H22N2O4S/c1-3-29-24(25)19-5-4-6-20(16-19)30-21-9-12-23-18(15-21)13-14-26(23)31(27,28)22-10-7-17(2)8-11-22/h4-16,25H,3H2,1-2H3. The lowest BCUT2D eigenvalue weighted by molar-refractivity contribution is 0.325. The summed E-state index contributed by atoms with van der Waals surface area (Å²) in [7, 11) is -3.69. The zero-order valence-electron chi connectivity index (χ0n) is 17.2. The first-order chi connectivity index (χ1) is 14.9. The van der Waals surface area contributed by atoms with Crippen molar-refractivity contribution in [2.75, 3.05) is 6.61 Å². The molecule has 1 N–H and O–H groups in total. The summed E-state index contributed by atoms with van der Waals surface area (Å²) in [6, 6.07) is 20.9. The average molecular weight is 435 g/mol. The number of benzene rings is 3. The van der Waals surface area contributed by atoms with E-state index in [0.29, 0.717) is 29.2 Å². The Morgan fingerprint density at radius 2 is 1.71 bits per heavy atom. The largest absolute Gasteiger partial charge is 0.478 e. The highest BCUT2D eigenvalue weighted by Gasteiger charge is 2.19. The van der Waals surface area contributed by atoms with E-state index < -0.39 is 10.0 Å². The third-order valence-electron chi connectivity index (χ3n) is 4.82. The van der Waals surface area contributed by atoms with Crippen LogP contribution in [-0.4, -0.2) is 24.9 Å². The van der Waals surface area contributed by atoms with Crippen molar-refractivity contribution in [3.05, 3.63) is 90.1 Å². The van der Waals surface area contributed by atoms with Gasteiger partial charge in [-0.3, -0.25) is 5.41 Å². The summed E-state index contributed by atoms with van der Waals surface area (Å²) in [5.41, 5.74) is 2.19. The minimum absolute atomic E-state index is 0.0850. The van der Waals surface area contributed by atoms with Crippen LogP contribution in [0.5, 0.6) is 11.5 Å². The van der Waals surface area contributed by atoms with Gasteiger partial charge in [-0.2, -0.15) is 0 Å². The Labute approximate surface area is 181 Å². The average Bonchev–Trinajstić information content (AvgIpc) is 3.18. The summed E-state index contributed by atoms with van der Waals surface area (Å²) >= 11 is 0. The van der Waals surface area contributed by atoms with Gasteiger partial charge in [-0.25, -0.2) is 12.4 Å². The van der Waals surface area contributed by atoms with E-state index in [2.05, 4.69) is 0 Å². The Morgan fingerprint density at radius 1 is 0.968 bits per heavy atom. The molecular formula is C24H22N2O4S. The van der Waals surface area contributed by atoms with Crippen molar-refractivity contribution in [2.24, 2.45) is 0 Å². The van der Waals surface area contributed by atoms with Gasteiger partial charge in [-0.1, -0.05) is 23.8 Å². The smallest absolute Gasteiger partial charge is 0.268 e. The molecule has 0 atom stereocenters. The molecular weight excluding hydrogens is 412 g/mol. The normalized spacial score (nSPS) is 11.4. The number of aromatic nitrogens is 1. The van der Waals surface area contributed by atoms with Gasteiger partial charge in [0.15, 0.2) is 0 Å². The molecule has 0 radical (unpaired) electrons. The molecule has 0 aliphatic rings. The van der Waals surface area contributed by atoms with Crippen molar-refractivity contribution in [1.29, 1.82) is 5.41 Å². The molecule has 0 spiro atoms. The third-order valence-corrected chi connectivity index (χ3v) is 6.53. The first kappa shape index (κ1) is 20.7. The van der Waals surface area contributed by atoms with Crippen LogP contribution < -0.4 is 4.74 Å². The molecule has 0 amide bonds. The number of rotatable bonds is 6. The Morgan fingerprint density at radius 3 is 2.45 bits per heavy atom. The zero-order valence-corrected chi connectivity index (χ0v) is 18.0.